The number of hydrogen-bond donors (Lipinski definition) is 1. The fraction of sp³-hybridized carbons (Fsp3) is 0.538. The number of halogens is 2. The van der Waals surface area contributed by atoms with Crippen molar-refractivity contribution >= 4 is 21.6 Å². The fourth-order valence-electron chi connectivity index (χ4n) is 2.57. The molecule has 2 N–H and O–H groups in total. The van der Waals surface area contributed by atoms with Gasteiger partial charge in [-0.2, -0.15) is 4.31 Å². The maximum absolute atomic E-state index is 13.8. The second-order valence-corrected chi connectivity index (χ2v) is 7.82. The Labute approximate surface area is 123 Å². The van der Waals surface area contributed by atoms with Gasteiger partial charge in [0, 0.05) is 18.6 Å². The molecule has 1 aliphatic rings. The average molecular weight is 321 g/mol. The monoisotopic (exact) mass is 320 g/mol. The number of rotatable bonds is 3. The minimum atomic E-state index is -3.74. The molecule has 0 spiro atoms. The minimum Gasteiger partial charge on any atom is -0.326 e. The van der Waals surface area contributed by atoms with E-state index < -0.39 is 21.4 Å². The molecule has 2 rings (SSSR count). The van der Waals surface area contributed by atoms with E-state index in [0.717, 1.165) is 18.9 Å². The Bertz CT molecular complexity index is 632. The van der Waals surface area contributed by atoms with Gasteiger partial charge in [-0.3, -0.25) is 0 Å². The first kappa shape index (κ1) is 15.7. The third kappa shape index (κ3) is 2.57. The summed E-state index contributed by atoms with van der Waals surface area (Å²) in [6.45, 7) is 4.17. The molecule has 0 aliphatic carbocycles. The first-order valence-electron chi connectivity index (χ1n) is 6.41. The standard InChI is InChI=1S/C13H18ClFN2O2S/c1-13(2)4-3-5-17(13)20(18,19)10-6-9(8-16)12(14)11(15)7-10/h6-7H,3-5,8,16H2,1-2H3. The summed E-state index contributed by atoms with van der Waals surface area (Å²) < 4.78 is 40.5. The normalized spacial score (nSPS) is 19.4. The van der Waals surface area contributed by atoms with E-state index in [4.69, 9.17) is 17.3 Å². The molecule has 0 radical (unpaired) electrons. The highest BCUT2D eigenvalue weighted by Crippen LogP contribution is 2.35. The first-order valence-corrected chi connectivity index (χ1v) is 8.23. The second-order valence-electron chi connectivity index (χ2n) is 5.58. The zero-order chi connectivity index (χ0) is 15.1. The van der Waals surface area contributed by atoms with Gasteiger partial charge in [0.2, 0.25) is 10.0 Å². The predicted molar refractivity (Wildman–Crippen MR) is 76.5 cm³/mol. The number of sulfonamides is 1. The van der Waals surface area contributed by atoms with Crippen LogP contribution >= 0.6 is 11.6 Å². The van der Waals surface area contributed by atoms with E-state index in [1.807, 2.05) is 13.8 Å². The zero-order valence-corrected chi connectivity index (χ0v) is 13.1. The summed E-state index contributed by atoms with van der Waals surface area (Å²) in [6.07, 6.45) is 1.58. The summed E-state index contributed by atoms with van der Waals surface area (Å²) in [4.78, 5) is -0.0881. The van der Waals surface area contributed by atoms with Crippen molar-refractivity contribution in [2.75, 3.05) is 6.54 Å². The SMILES string of the molecule is CC1(C)CCCN1S(=O)(=O)c1cc(F)c(Cl)c(CN)c1. The summed E-state index contributed by atoms with van der Waals surface area (Å²) in [5.74, 6) is -0.759. The molecule has 1 fully saturated rings. The summed E-state index contributed by atoms with van der Waals surface area (Å²) in [7, 11) is -3.74. The Morgan fingerprint density at radius 3 is 2.60 bits per heavy atom. The lowest BCUT2D eigenvalue weighted by Gasteiger charge is -2.30. The van der Waals surface area contributed by atoms with E-state index in [0.29, 0.717) is 12.1 Å². The van der Waals surface area contributed by atoms with Crippen LogP contribution in [0, 0.1) is 5.82 Å². The van der Waals surface area contributed by atoms with Crippen molar-refractivity contribution in [2.24, 2.45) is 5.73 Å². The largest absolute Gasteiger partial charge is 0.326 e. The van der Waals surface area contributed by atoms with E-state index >= 15 is 0 Å². The van der Waals surface area contributed by atoms with E-state index in [9.17, 15) is 12.8 Å². The van der Waals surface area contributed by atoms with Crippen molar-refractivity contribution in [2.45, 2.75) is 43.7 Å². The molecule has 112 valence electrons. The molecule has 0 unspecified atom stereocenters. The predicted octanol–water partition coefficient (Wildman–Crippen LogP) is 2.50. The highest BCUT2D eigenvalue weighted by atomic mass is 35.5. The Kier molecular flexibility index (Phi) is 4.12. The summed E-state index contributed by atoms with van der Waals surface area (Å²) in [6, 6.07) is 2.32. The highest BCUT2D eigenvalue weighted by molar-refractivity contribution is 7.89. The number of nitrogens with two attached hydrogens (primary N) is 1. The smallest absolute Gasteiger partial charge is 0.243 e. The first-order chi connectivity index (χ1) is 9.20. The summed E-state index contributed by atoms with van der Waals surface area (Å²) in [5.41, 5.74) is 5.31. The fourth-order valence-corrected chi connectivity index (χ4v) is 4.67. The van der Waals surface area contributed by atoms with Crippen molar-refractivity contribution in [3.63, 3.8) is 0 Å². The van der Waals surface area contributed by atoms with Crippen LogP contribution in [-0.2, 0) is 16.6 Å². The molecular weight excluding hydrogens is 303 g/mol. The molecule has 0 saturated carbocycles. The Hall–Kier alpha value is -0.690. The van der Waals surface area contributed by atoms with Crippen LogP contribution in [0.4, 0.5) is 4.39 Å². The molecule has 4 nitrogen and oxygen atoms in total. The molecule has 0 bridgehead atoms. The summed E-state index contributed by atoms with van der Waals surface area (Å²) in [5, 5.41) is -0.118. The molecule has 7 heteroatoms. The molecule has 1 aromatic carbocycles. The van der Waals surface area contributed by atoms with E-state index in [1.165, 1.54) is 10.4 Å². The third-order valence-corrected chi connectivity index (χ3v) is 6.22. The van der Waals surface area contributed by atoms with Crippen molar-refractivity contribution in [1.82, 2.24) is 4.31 Å². The van der Waals surface area contributed by atoms with Crippen LogP contribution in [0.2, 0.25) is 5.02 Å². The Morgan fingerprint density at radius 2 is 2.10 bits per heavy atom. The van der Waals surface area contributed by atoms with Gasteiger partial charge in [0.25, 0.3) is 0 Å². The average Bonchev–Trinajstić information content (AvgIpc) is 2.72. The number of benzene rings is 1. The van der Waals surface area contributed by atoms with Crippen molar-refractivity contribution in [3.8, 4) is 0 Å². The molecule has 1 aromatic rings. The zero-order valence-electron chi connectivity index (χ0n) is 11.5. The van der Waals surface area contributed by atoms with Crippen molar-refractivity contribution in [3.05, 3.63) is 28.5 Å². The van der Waals surface area contributed by atoms with Gasteiger partial charge in [-0.25, -0.2) is 12.8 Å². The quantitative estimate of drug-likeness (QED) is 0.930. The third-order valence-electron chi connectivity index (χ3n) is 3.71. The van der Waals surface area contributed by atoms with E-state index in [1.54, 1.807) is 0 Å². The topological polar surface area (TPSA) is 63.4 Å². The lowest BCUT2D eigenvalue weighted by molar-refractivity contribution is 0.291. The lowest BCUT2D eigenvalue weighted by Crippen LogP contribution is -2.42. The van der Waals surface area contributed by atoms with Crippen LogP contribution in [0.1, 0.15) is 32.3 Å². The van der Waals surface area contributed by atoms with Crippen LogP contribution in [0.15, 0.2) is 17.0 Å². The molecule has 20 heavy (non-hydrogen) atoms. The molecular formula is C13H18ClFN2O2S. The maximum Gasteiger partial charge on any atom is 0.243 e. The van der Waals surface area contributed by atoms with Crippen LogP contribution in [-0.4, -0.2) is 24.8 Å². The van der Waals surface area contributed by atoms with Crippen molar-refractivity contribution < 1.29 is 12.8 Å². The van der Waals surface area contributed by atoms with Gasteiger partial charge in [-0.05, 0) is 44.4 Å². The van der Waals surface area contributed by atoms with Gasteiger partial charge in [0.15, 0.2) is 0 Å². The van der Waals surface area contributed by atoms with E-state index in [-0.39, 0.29) is 16.5 Å². The van der Waals surface area contributed by atoms with Crippen LogP contribution < -0.4 is 5.73 Å². The molecule has 1 saturated heterocycles. The number of hydrogen-bond acceptors (Lipinski definition) is 3. The molecule has 0 aromatic heterocycles. The molecule has 1 heterocycles. The second kappa shape index (κ2) is 5.26. The van der Waals surface area contributed by atoms with Crippen LogP contribution in [0.25, 0.3) is 0 Å². The Balaban J connectivity index is 2.53. The molecule has 0 atom stereocenters. The Morgan fingerprint density at radius 1 is 1.45 bits per heavy atom. The van der Waals surface area contributed by atoms with Gasteiger partial charge in [0.1, 0.15) is 5.82 Å². The summed E-state index contributed by atoms with van der Waals surface area (Å²) >= 11 is 5.77. The number of nitrogens with zero attached hydrogens (tertiary/aromatic N) is 1. The maximum atomic E-state index is 13.8. The van der Waals surface area contributed by atoms with Gasteiger partial charge < -0.3 is 5.73 Å². The molecule has 0 amide bonds. The van der Waals surface area contributed by atoms with Crippen LogP contribution in [0.5, 0.6) is 0 Å². The van der Waals surface area contributed by atoms with Crippen molar-refractivity contribution in [1.29, 1.82) is 0 Å². The van der Waals surface area contributed by atoms with E-state index in [2.05, 4.69) is 0 Å². The minimum absolute atomic E-state index is 0.0114. The van der Waals surface area contributed by atoms with Gasteiger partial charge in [-0.15, -0.1) is 0 Å². The van der Waals surface area contributed by atoms with Gasteiger partial charge in [-0.1, -0.05) is 11.6 Å². The van der Waals surface area contributed by atoms with Gasteiger partial charge >= 0.3 is 0 Å². The van der Waals surface area contributed by atoms with Crippen LogP contribution in [0.3, 0.4) is 0 Å². The highest BCUT2D eigenvalue weighted by Gasteiger charge is 2.41. The van der Waals surface area contributed by atoms with Gasteiger partial charge in [0.05, 0.1) is 9.92 Å². The molecule has 1 aliphatic heterocycles. The lowest BCUT2D eigenvalue weighted by atomic mass is 10.0.